The van der Waals surface area contributed by atoms with E-state index in [1.165, 1.54) is 24.3 Å². The van der Waals surface area contributed by atoms with Crippen molar-refractivity contribution in [2.75, 3.05) is 5.32 Å². The average molecular weight is 382 g/mol. The summed E-state index contributed by atoms with van der Waals surface area (Å²) in [4.78, 5) is 13.1. The van der Waals surface area contributed by atoms with E-state index in [1.54, 1.807) is 18.2 Å². The first-order valence-electron chi connectivity index (χ1n) is 7.93. The number of nitrogens with one attached hydrogen (secondary N) is 1. The maximum atomic E-state index is 13.3. The minimum atomic E-state index is -3.86. The van der Waals surface area contributed by atoms with Gasteiger partial charge in [-0.15, -0.1) is 0 Å². The molecule has 25 heavy (non-hydrogen) atoms. The average Bonchev–Trinajstić information content (AvgIpc) is 3.11. The van der Waals surface area contributed by atoms with Crippen LogP contribution in [0.2, 0.25) is 5.02 Å². The SMILES string of the molecule is O=C(Nc1ccc(F)c(Cl)c1)C1(S(=O)(=O)c2ccccc2)CCCC1. The molecule has 0 aliphatic heterocycles. The molecule has 0 atom stereocenters. The van der Waals surface area contributed by atoms with Crippen molar-refractivity contribution in [2.24, 2.45) is 0 Å². The third kappa shape index (κ3) is 3.16. The van der Waals surface area contributed by atoms with Crippen LogP contribution in [-0.4, -0.2) is 19.1 Å². The fraction of sp³-hybridized carbons (Fsp3) is 0.278. The van der Waals surface area contributed by atoms with Crippen LogP contribution in [0.15, 0.2) is 53.4 Å². The van der Waals surface area contributed by atoms with E-state index in [1.807, 2.05) is 0 Å². The van der Waals surface area contributed by atoms with Gasteiger partial charge in [0, 0.05) is 5.69 Å². The van der Waals surface area contributed by atoms with Crippen LogP contribution in [-0.2, 0) is 14.6 Å². The molecule has 2 aromatic carbocycles. The summed E-state index contributed by atoms with van der Waals surface area (Å²) in [6.07, 6.45) is 1.82. The van der Waals surface area contributed by atoms with E-state index in [-0.39, 0.29) is 28.4 Å². The van der Waals surface area contributed by atoms with Crippen LogP contribution >= 0.6 is 11.6 Å². The van der Waals surface area contributed by atoms with E-state index >= 15 is 0 Å². The van der Waals surface area contributed by atoms with Gasteiger partial charge in [-0.05, 0) is 43.2 Å². The number of amides is 1. The third-order valence-electron chi connectivity index (χ3n) is 4.57. The molecule has 0 heterocycles. The van der Waals surface area contributed by atoms with Gasteiger partial charge in [0.15, 0.2) is 14.6 Å². The first kappa shape index (κ1) is 17.9. The second-order valence-corrected chi connectivity index (χ2v) is 8.77. The molecule has 1 N–H and O–H groups in total. The zero-order chi connectivity index (χ0) is 18.1. The van der Waals surface area contributed by atoms with Gasteiger partial charge in [0.2, 0.25) is 5.91 Å². The number of sulfone groups is 1. The molecule has 0 radical (unpaired) electrons. The van der Waals surface area contributed by atoms with Crippen molar-refractivity contribution >= 4 is 33.0 Å². The van der Waals surface area contributed by atoms with Gasteiger partial charge in [-0.2, -0.15) is 0 Å². The maximum absolute atomic E-state index is 13.3. The summed E-state index contributed by atoms with van der Waals surface area (Å²) in [6, 6.07) is 11.7. The number of hydrogen-bond donors (Lipinski definition) is 1. The Bertz CT molecular complexity index is 894. The topological polar surface area (TPSA) is 63.2 Å². The number of benzene rings is 2. The van der Waals surface area contributed by atoms with Crippen molar-refractivity contribution in [3.8, 4) is 0 Å². The molecule has 3 rings (SSSR count). The van der Waals surface area contributed by atoms with Crippen LogP contribution < -0.4 is 5.32 Å². The normalized spacial score (nSPS) is 16.6. The second-order valence-electron chi connectivity index (χ2n) is 6.10. The molecule has 1 amide bonds. The number of carbonyl (C=O) groups excluding carboxylic acids is 1. The van der Waals surface area contributed by atoms with Gasteiger partial charge in [-0.1, -0.05) is 42.6 Å². The predicted octanol–water partition coefficient (Wildman–Crippen LogP) is 4.20. The molecule has 132 valence electrons. The monoisotopic (exact) mass is 381 g/mol. The number of rotatable bonds is 4. The maximum Gasteiger partial charge on any atom is 0.246 e. The molecule has 0 unspecified atom stereocenters. The highest BCUT2D eigenvalue weighted by atomic mass is 35.5. The van der Waals surface area contributed by atoms with Crippen LogP contribution in [0, 0.1) is 5.82 Å². The van der Waals surface area contributed by atoms with Gasteiger partial charge in [-0.3, -0.25) is 4.79 Å². The van der Waals surface area contributed by atoms with Crippen molar-refractivity contribution in [2.45, 2.75) is 35.3 Å². The summed E-state index contributed by atoms with van der Waals surface area (Å²) in [6.45, 7) is 0. The lowest BCUT2D eigenvalue weighted by Crippen LogP contribution is -2.47. The molecular formula is C18H17ClFNO3S. The van der Waals surface area contributed by atoms with Gasteiger partial charge in [0.25, 0.3) is 0 Å². The number of hydrogen-bond acceptors (Lipinski definition) is 3. The largest absolute Gasteiger partial charge is 0.325 e. The summed E-state index contributed by atoms with van der Waals surface area (Å²) >= 11 is 5.73. The van der Waals surface area contributed by atoms with Crippen molar-refractivity contribution < 1.29 is 17.6 Å². The minimum absolute atomic E-state index is 0.129. The lowest BCUT2D eigenvalue weighted by Gasteiger charge is -2.27. The Kier molecular flexibility index (Phi) is 4.84. The van der Waals surface area contributed by atoms with Gasteiger partial charge in [-0.25, -0.2) is 12.8 Å². The first-order chi connectivity index (χ1) is 11.9. The van der Waals surface area contributed by atoms with Gasteiger partial charge >= 0.3 is 0 Å². The Morgan fingerprint density at radius 1 is 1.08 bits per heavy atom. The standard InChI is InChI=1S/C18H17ClFNO3S/c19-15-12-13(8-9-16(15)20)21-17(22)18(10-4-5-11-18)25(23,24)14-6-2-1-3-7-14/h1-3,6-9,12H,4-5,10-11H2,(H,21,22). The summed E-state index contributed by atoms with van der Waals surface area (Å²) in [5.74, 6) is -1.20. The first-order valence-corrected chi connectivity index (χ1v) is 9.79. The fourth-order valence-corrected chi connectivity index (χ4v) is 5.48. The second kappa shape index (κ2) is 6.77. The molecule has 4 nitrogen and oxygen atoms in total. The molecule has 0 saturated heterocycles. The summed E-state index contributed by atoms with van der Waals surface area (Å²) in [5.41, 5.74) is 0.269. The highest BCUT2D eigenvalue weighted by Gasteiger charge is 2.52. The van der Waals surface area contributed by atoms with E-state index in [0.29, 0.717) is 12.8 Å². The van der Waals surface area contributed by atoms with Crippen molar-refractivity contribution in [1.82, 2.24) is 0 Å². The summed E-state index contributed by atoms with van der Waals surface area (Å²) in [7, 11) is -3.86. The molecule has 0 aromatic heterocycles. The predicted molar refractivity (Wildman–Crippen MR) is 94.9 cm³/mol. The molecule has 0 bridgehead atoms. The van der Waals surface area contributed by atoms with Crippen LogP contribution in [0.3, 0.4) is 0 Å². The highest BCUT2D eigenvalue weighted by molar-refractivity contribution is 7.93. The smallest absolute Gasteiger partial charge is 0.246 e. The molecule has 1 fully saturated rings. The Morgan fingerprint density at radius 2 is 1.72 bits per heavy atom. The zero-order valence-corrected chi connectivity index (χ0v) is 14.9. The molecule has 7 heteroatoms. The molecular weight excluding hydrogens is 365 g/mol. The van der Waals surface area contributed by atoms with Crippen LogP contribution in [0.25, 0.3) is 0 Å². The van der Waals surface area contributed by atoms with E-state index in [2.05, 4.69) is 5.32 Å². The van der Waals surface area contributed by atoms with Crippen molar-refractivity contribution in [3.05, 3.63) is 59.4 Å². The Morgan fingerprint density at radius 3 is 2.32 bits per heavy atom. The molecule has 1 aliphatic rings. The number of carbonyl (C=O) groups is 1. The van der Waals surface area contributed by atoms with Gasteiger partial charge in [0.05, 0.1) is 9.92 Å². The molecule has 1 aliphatic carbocycles. The summed E-state index contributed by atoms with van der Waals surface area (Å²) < 4.78 is 38.1. The van der Waals surface area contributed by atoms with Crippen molar-refractivity contribution in [3.63, 3.8) is 0 Å². The molecule has 1 saturated carbocycles. The van der Waals surface area contributed by atoms with Crippen LogP contribution in [0.4, 0.5) is 10.1 Å². The van der Waals surface area contributed by atoms with Crippen molar-refractivity contribution in [1.29, 1.82) is 0 Å². The van der Waals surface area contributed by atoms with E-state index in [9.17, 15) is 17.6 Å². The Labute approximate surface area is 150 Å². The van der Waals surface area contributed by atoms with Crippen LogP contribution in [0.1, 0.15) is 25.7 Å². The Balaban J connectivity index is 1.97. The van der Waals surface area contributed by atoms with E-state index < -0.39 is 26.3 Å². The van der Waals surface area contributed by atoms with Gasteiger partial charge < -0.3 is 5.32 Å². The summed E-state index contributed by atoms with van der Waals surface area (Å²) in [5, 5.41) is 2.46. The molecule has 2 aromatic rings. The number of anilines is 1. The van der Waals surface area contributed by atoms with Crippen LogP contribution in [0.5, 0.6) is 0 Å². The fourth-order valence-electron chi connectivity index (χ4n) is 3.21. The quantitative estimate of drug-likeness (QED) is 0.863. The molecule has 0 spiro atoms. The zero-order valence-electron chi connectivity index (χ0n) is 13.3. The lowest BCUT2D eigenvalue weighted by atomic mass is 10.1. The highest BCUT2D eigenvalue weighted by Crippen LogP contribution is 2.41. The van der Waals surface area contributed by atoms with E-state index in [4.69, 9.17) is 11.6 Å². The Hall–Kier alpha value is -1.92. The van der Waals surface area contributed by atoms with Gasteiger partial charge in [0.1, 0.15) is 5.82 Å². The van der Waals surface area contributed by atoms with E-state index in [0.717, 1.165) is 6.07 Å². The lowest BCUT2D eigenvalue weighted by molar-refractivity contribution is -0.118. The minimum Gasteiger partial charge on any atom is -0.325 e. The number of halogens is 2. The third-order valence-corrected chi connectivity index (χ3v) is 7.38.